The molecule has 0 amide bonds. The first kappa shape index (κ1) is 12.4. The Labute approximate surface area is 112 Å². The maximum absolute atomic E-state index is 12.4. The molecule has 0 spiro atoms. The van der Waals surface area contributed by atoms with Crippen molar-refractivity contribution in [2.24, 2.45) is 5.92 Å². The first-order valence-electron chi connectivity index (χ1n) is 7.08. The summed E-state index contributed by atoms with van der Waals surface area (Å²) in [6.45, 7) is 1.45. The SMILES string of the molecule is O=C(c1cc2c(s1)CCCCC2)C1CCCOC1. The van der Waals surface area contributed by atoms with Crippen molar-refractivity contribution in [3.05, 3.63) is 21.4 Å². The van der Waals surface area contributed by atoms with Crippen LogP contribution in [0.1, 0.15) is 52.2 Å². The molecule has 2 nitrogen and oxygen atoms in total. The summed E-state index contributed by atoms with van der Waals surface area (Å²) < 4.78 is 5.43. The fraction of sp³-hybridized carbons (Fsp3) is 0.667. The molecule has 1 atom stereocenters. The van der Waals surface area contributed by atoms with Gasteiger partial charge in [-0.2, -0.15) is 0 Å². The van der Waals surface area contributed by atoms with Gasteiger partial charge in [-0.1, -0.05) is 6.42 Å². The van der Waals surface area contributed by atoms with Crippen LogP contribution in [0, 0.1) is 5.92 Å². The molecule has 98 valence electrons. The number of hydrogen-bond acceptors (Lipinski definition) is 3. The zero-order chi connectivity index (χ0) is 12.4. The van der Waals surface area contributed by atoms with Crippen LogP contribution in [0.25, 0.3) is 0 Å². The summed E-state index contributed by atoms with van der Waals surface area (Å²) in [6.07, 6.45) is 8.27. The molecule has 0 bridgehead atoms. The van der Waals surface area contributed by atoms with Crippen molar-refractivity contribution in [1.82, 2.24) is 0 Å². The fourth-order valence-electron chi connectivity index (χ4n) is 2.94. The largest absolute Gasteiger partial charge is 0.381 e. The molecule has 1 aliphatic carbocycles. The second-order valence-electron chi connectivity index (χ2n) is 5.40. The molecule has 1 aromatic rings. The predicted octanol–water partition coefficient (Wildman–Crippen LogP) is 3.63. The molecule has 1 fully saturated rings. The number of Topliss-reactive ketones (excluding diaryl/α,β-unsaturated/α-hetero) is 1. The number of ether oxygens (including phenoxy) is 1. The molecule has 1 aliphatic heterocycles. The second-order valence-corrected chi connectivity index (χ2v) is 6.53. The number of rotatable bonds is 2. The van der Waals surface area contributed by atoms with Crippen LogP contribution in [-0.2, 0) is 17.6 Å². The van der Waals surface area contributed by atoms with Crippen molar-refractivity contribution < 1.29 is 9.53 Å². The van der Waals surface area contributed by atoms with Crippen molar-refractivity contribution in [2.45, 2.75) is 44.9 Å². The van der Waals surface area contributed by atoms with Crippen LogP contribution in [0.15, 0.2) is 6.07 Å². The van der Waals surface area contributed by atoms with E-state index in [9.17, 15) is 4.79 Å². The summed E-state index contributed by atoms with van der Waals surface area (Å²) in [5.74, 6) is 0.439. The van der Waals surface area contributed by atoms with Crippen LogP contribution in [0.5, 0.6) is 0 Å². The summed E-state index contributed by atoms with van der Waals surface area (Å²) in [7, 11) is 0. The van der Waals surface area contributed by atoms with Gasteiger partial charge < -0.3 is 4.74 Å². The van der Waals surface area contributed by atoms with Gasteiger partial charge in [0.25, 0.3) is 0 Å². The van der Waals surface area contributed by atoms with E-state index in [1.165, 1.54) is 42.5 Å². The monoisotopic (exact) mass is 264 g/mol. The molecule has 0 N–H and O–H groups in total. The lowest BCUT2D eigenvalue weighted by Gasteiger charge is -2.20. The van der Waals surface area contributed by atoms with Crippen LogP contribution in [0.4, 0.5) is 0 Å². The van der Waals surface area contributed by atoms with Gasteiger partial charge in [0.2, 0.25) is 0 Å². The van der Waals surface area contributed by atoms with E-state index in [1.807, 2.05) is 0 Å². The number of ketones is 1. The van der Waals surface area contributed by atoms with Gasteiger partial charge in [0.15, 0.2) is 5.78 Å². The molecular formula is C15H20O2S. The van der Waals surface area contributed by atoms with E-state index < -0.39 is 0 Å². The van der Waals surface area contributed by atoms with E-state index in [-0.39, 0.29) is 5.92 Å². The molecule has 1 saturated heterocycles. The van der Waals surface area contributed by atoms with Gasteiger partial charge in [0.05, 0.1) is 11.5 Å². The average molecular weight is 264 g/mol. The van der Waals surface area contributed by atoms with E-state index >= 15 is 0 Å². The van der Waals surface area contributed by atoms with Crippen molar-refractivity contribution in [1.29, 1.82) is 0 Å². The lowest BCUT2D eigenvalue weighted by molar-refractivity contribution is 0.0464. The molecule has 3 rings (SSSR count). The van der Waals surface area contributed by atoms with Crippen LogP contribution >= 0.6 is 11.3 Å². The van der Waals surface area contributed by atoms with Gasteiger partial charge in [-0.15, -0.1) is 11.3 Å². The van der Waals surface area contributed by atoms with Crippen LogP contribution in [-0.4, -0.2) is 19.0 Å². The van der Waals surface area contributed by atoms with Gasteiger partial charge in [0.1, 0.15) is 0 Å². The Morgan fingerprint density at radius 2 is 2.11 bits per heavy atom. The minimum atomic E-state index is 0.112. The number of aryl methyl sites for hydroxylation is 2. The molecule has 1 unspecified atom stereocenters. The lowest BCUT2D eigenvalue weighted by atomic mass is 9.96. The second kappa shape index (κ2) is 5.54. The third kappa shape index (κ3) is 2.52. The Morgan fingerprint density at radius 1 is 1.22 bits per heavy atom. The Bertz CT molecular complexity index is 406. The van der Waals surface area contributed by atoms with Crippen LogP contribution < -0.4 is 0 Å². The summed E-state index contributed by atoms with van der Waals surface area (Å²) in [5.41, 5.74) is 1.44. The molecule has 0 saturated carbocycles. The number of carbonyl (C=O) groups is 1. The first-order valence-corrected chi connectivity index (χ1v) is 7.90. The molecule has 18 heavy (non-hydrogen) atoms. The Kier molecular flexibility index (Phi) is 3.80. The van der Waals surface area contributed by atoms with Gasteiger partial charge in [-0.3, -0.25) is 4.79 Å². The highest BCUT2D eigenvalue weighted by molar-refractivity contribution is 7.14. The Balaban J connectivity index is 1.77. The predicted molar refractivity (Wildman–Crippen MR) is 73.5 cm³/mol. The van der Waals surface area contributed by atoms with Gasteiger partial charge in [-0.05, 0) is 50.2 Å². The third-order valence-electron chi connectivity index (χ3n) is 4.02. The van der Waals surface area contributed by atoms with Crippen LogP contribution in [0.3, 0.4) is 0 Å². The standard InChI is InChI=1S/C15H20O2S/c16-15(12-6-4-8-17-10-12)14-9-11-5-2-1-3-7-13(11)18-14/h9,12H,1-8,10H2. The van der Waals surface area contributed by atoms with Crippen molar-refractivity contribution >= 4 is 17.1 Å². The zero-order valence-electron chi connectivity index (χ0n) is 10.7. The lowest BCUT2D eigenvalue weighted by Crippen LogP contribution is -2.24. The average Bonchev–Trinajstić information content (AvgIpc) is 2.70. The maximum Gasteiger partial charge on any atom is 0.178 e. The summed E-state index contributed by atoms with van der Waals surface area (Å²) in [6, 6.07) is 2.17. The van der Waals surface area contributed by atoms with Crippen molar-refractivity contribution in [3.63, 3.8) is 0 Å². The molecule has 3 heteroatoms. The number of carbonyl (C=O) groups excluding carboxylic acids is 1. The Morgan fingerprint density at radius 3 is 2.94 bits per heavy atom. The third-order valence-corrected chi connectivity index (χ3v) is 5.27. The number of thiophene rings is 1. The minimum absolute atomic E-state index is 0.112. The molecular weight excluding hydrogens is 244 g/mol. The molecule has 1 aromatic heterocycles. The summed E-state index contributed by atoms with van der Waals surface area (Å²) >= 11 is 1.75. The Hall–Kier alpha value is -0.670. The zero-order valence-corrected chi connectivity index (χ0v) is 11.6. The fourth-order valence-corrected chi connectivity index (χ4v) is 4.21. The molecule has 0 aromatic carbocycles. The topological polar surface area (TPSA) is 26.3 Å². The molecule has 2 aliphatic rings. The summed E-state index contributed by atoms with van der Waals surface area (Å²) in [4.78, 5) is 14.9. The maximum atomic E-state index is 12.4. The van der Waals surface area contributed by atoms with E-state index in [0.29, 0.717) is 12.4 Å². The number of hydrogen-bond donors (Lipinski definition) is 0. The highest BCUT2D eigenvalue weighted by Gasteiger charge is 2.25. The van der Waals surface area contributed by atoms with Crippen molar-refractivity contribution in [3.8, 4) is 0 Å². The van der Waals surface area contributed by atoms with E-state index in [4.69, 9.17) is 4.74 Å². The van der Waals surface area contributed by atoms with Crippen molar-refractivity contribution in [2.75, 3.05) is 13.2 Å². The highest BCUT2D eigenvalue weighted by atomic mass is 32.1. The van der Waals surface area contributed by atoms with E-state index in [1.54, 1.807) is 11.3 Å². The first-order chi connectivity index (χ1) is 8.84. The van der Waals surface area contributed by atoms with Gasteiger partial charge in [-0.25, -0.2) is 0 Å². The normalized spacial score (nSPS) is 24.3. The van der Waals surface area contributed by atoms with Gasteiger partial charge >= 0.3 is 0 Å². The number of fused-ring (bicyclic) bond motifs is 1. The smallest absolute Gasteiger partial charge is 0.178 e. The van der Waals surface area contributed by atoms with E-state index in [0.717, 1.165) is 24.3 Å². The van der Waals surface area contributed by atoms with Crippen LogP contribution in [0.2, 0.25) is 0 Å². The minimum Gasteiger partial charge on any atom is -0.381 e. The summed E-state index contributed by atoms with van der Waals surface area (Å²) in [5, 5.41) is 0. The van der Waals surface area contributed by atoms with E-state index in [2.05, 4.69) is 6.07 Å². The van der Waals surface area contributed by atoms with Gasteiger partial charge in [0, 0.05) is 17.4 Å². The molecule has 2 heterocycles. The molecule has 0 radical (unpaired) electrons. The quantitative estimate of drug-likeness (QED) is 0.602. The highest BCUT2D eigenvalue weighted by Crippen LogP contribution is 2.31.